The van der Waals surface area contributed by atoms with Crippen LogP contribution in [0.3, 0.4) is 0 Å². The summed E-state index contributed by atoms with van der Waals surface area (Å²) in [4.78, 5) is 0. The van der Waals surface area contributed by atoms with Crippen LogP contribution in [0.1, 0.15) is 38.8 Å². The molecule has 0 aliphatic carbocycles. The van der Waals surface area contributed by atoms with Crippen LogP contribution in [0.5, 0.6) is 0 Å². The lowest BCUT2D eigenvalue weighted by Crippen LogP contribution is -1.88. The highest BCUT2D eigenvalue weighted by Gasteiger charge is 2.10. The van der Waals surface area contributed by atoms with Crippen molar-refractivity contribution >= 4 is 32.3 Å². The van der Waals surface area contributed by atoms with Gasteiger partial charge in [-0.05, 0) is 57.3 Å². The highest BCUT2D eigenvalue weighted by Crippen LogP contribution is 2.37. The summed E-state index contributed by atoms with van der Waals surface area (Å²) in [5.74, 6) is 0. The minimum atomic E-state index is 1.35. The second kappa shape index (κ2) is 7.97. The Morgan fingerprint density at radius 2 is 0.833 bits per heavy atom. The third kappa shape index (κ3) is 2.89. The zero-order chi connectivity index (χ0) is 17.7. The smallest absolute Gasteiger partial charge is 0.00670 e. The third-order valence-electron chi connectivity index (χ3n) is 4.44. The van der Waals surface area contributed by atoms with Crippen LogP contribution < -0.4 is 0 Å². The van der Waals surface area contributed by atoms with E-state index in [0.29, 0.717) is 0 Å². The van der Waals surface area contributed by atoms with E-state index >= 15 is 0 Å². The van der Waals surface area contributed by atoms with Crippen molar-refractivity contribution in [2.75, 3.05) is 0 Å². The third-order valence-corrected chi connectivity index (χ3v) is 4.44. The molecule has 0 fully saturated rings. The number of aryl methyl sites for hydroxylation is 2. The van der Waals surface area contributed by atoms with Gasteiger partial charge in [-0.25, -0.2) is 0 Å². The van der Waals surface area contributed by atoms with Crippen molar-refractivity contribution in [2.24, 2.45) is 0 Å². The molecule has 0 heteroatoms. The normalized spacial score (nSPS) is 10.1. The van der Waals surface area contributed by atoms with Gasteiger partial charge >= 0.3 is 0 Å². The molecule has 4 aromatic rings. The van der Waals surface area contributed by atoms with E-state index in [0.717, 1.165) is 0 Å². The molecule has 0 amide bonds. The zero-order valence-electron chi connectivity index (χ0n) is 15.8. The first-order chi connectivity index (χ1) is 11.8. The van der Waals surface area contributed by atoms with Crippen LogP contribution in [-0.4, -0.2) is 0 Å². The molecule has 0 heterocycles. The van der Waals surface area contributed by atoms with Crippen molar-refractivity contribution in [3.63, 3.8) is 0 Å². The molecule has 0 aliphatic rings. The van der Waals surface area contributed by atoms with Gasteiger partial charge in [0.2, 0.25) is 0 Å². The van der Waals surface area contributed by atoms with Gasteiger partial charge in [-0.1, -0.05) is 88.4 Å². The summed E-state index contributed by atoms with van der Waals surface area (Å²) in [6.07, 6.45) is 0. The minimum absolute atomic E-state index is 1.35. The van der Waals surface area contributed by atoms with E-state index in [4.69, 9.17) is 0 Å². The highest BCUT2D eigenvalue weighted by atomic mass is 14.1. The first kappa shape index (κ1) is 18.0. The standard InChI is InChI=1S/C20H16.2C2H6/c1-13-11-12-19-17-9-4-3-7-15(17)16-8-5-6-10-18(16)20(19)14(13)2;2*1-2/h3-12H,1-2H3;2*1-2H3. The van der Waals surface area contributed by atoms with Crippen LogP contribution in [0.2, 0.25) is 0 Å². The average molecular weight is 316 g/mol. The topological polar surface area (TPSA) is 0 Å². The Labute approximate surface area is 146 Å². The lowest BCUT2D eigenvalue weighted by Gasteiger charge is -2.13. The van der Waals surface area contributed by atoms with Crippen molar-refractivity contribution in [1.29, 1.82) is 0 Å². The first-order valence-corrected chi connectivity index (χ1v) is 9.07. The molecular weight excluding hydrogens is 288 g/mol. The minimum Gasteiger partial charge on any atom is -0.0683 e. The molecule has 0 N–H and O–H groups in total. The summed E-state index contributed by atoms with van der Waals surface area (Å²) in [7, 11) is 0. The van der Waals surface area contributed by atoms with Crippen LogP contribution in [-0.2, 0) is 0 Å². The molecule has 4 aromatic carbocycles. The number of fused-ring (bicyclic) bond motifs is 6. The monoisotopic (exact) mass is 316 g/mol. The van der Waals surface area contributed by atoms with Crippen LogP contribution >= 0.6 is 0 Å². The predicted octanol–water partition coefficient (Wildman–Crippen LogP) is 7.82. The lowest BCUT2D eigenvalue weighted by atomic mass is 9.90. The Kier molecular flexibility index (Phi) is 5.98. The van der Waals surface area contributed by atoms with Crippen LogP contribution in [0.25, 0.3) is 32.3 Å². The molecule has 24 heavy (non-hydrogen) atoms. The maximum atomic E-state index is 2.27. The first-order valence-electron chi connectivity index (χ1n) is 9.07. The van der Waals surface area contributed by atoms with Crippen molar-refractivity contribution in [2.45, 2.75) is 41.5 Å². The molecule has 0 saturated carbocycles. The molecule has 0 aliphatic heterocycles. The molecule has 0 aromatic heterocycles. The highest BCUT2D eigenvalue weighted by molar-refractivity contribution is 6.26. The van der Waals surface area contributed by atoms with Gasteiger partial charge < -0.3 is 0 Å². The molecule has 124 valence electrons. The van der Waals surface area contributed by atoms with E-state index in [-0.39, 0.29) is 0 Å². The Hall–Kier alpha value is -2.34. The molecule has 0 unspecified atom stereocenters. The maximum absolute atomic E-state index is 2.27. The number of benzene rings is 4. The van der Waals surface area contributed by atoms with Crippen molar-refractivity contribution in [1.82, 2.24) is 0 Å². The van der Waals surface area contributed by atoms with Crippen LogP contribution in [0.15, 0.2) is 60.7 Å². The summed E-state index contributed by atoms with van der Waals surface area (Å²) in [6, 6.07) is 22.0. The van der Waals surface area contributed by atoms with Gasteiger partial charge in [0.05, 0.1) is 0 Å². The molecule has 0 spiro atoms. The maximum Gasteiger partial charge on any atom is -0.00670 e. The van der Waals surface area contributed by atoms with E-state index in [2.05, 4.69) is 74.5 Å². The SMILES string of the molecule is CC.CC.Cc1ccc2c3ccccc3c3ccccc3c2c1C. The van der Waals surface area contributed by atoms with Crippen LogP contribution in [0, 0.1) is 13.8 Å². The molecule has 4 rings (SSSR count). The number of rotatable bonds is 0. The van der Waals surface area contributed by atoms with E-state index in [1.807, 2.05) is 27.7 Å². The summed E-state index contributed by atoms with van der Waals surface area (Å²) in [6.45, 7) is 12.4. The Bertz CT molecular complexity index is 926. The molecular formula is C24H28. The van der Waals surface area contributed by atoms with Gasteiger partial charge in [0.15, 0.2) is 0 Å². The van der Waals surface area contributed by atoms with Gasteiger partial charge in [0.1, 0.15) is 0 Å². The molecule has 0 bridgehead atoms. The quantitative estimate of drug-likeness (QED) is 0.290. The fraction of sp³-hybridized carbons (Fsp3) is 0.250. The second-order valence-electron chi connectivity index (χ2n) is 5.52. The van der Waals surface area contributed by atoms with Gasteiger partial charge in [-0.3, -0.25) is 0 Å². The molecule has 0 radical (unpaired) electrons. The summed E-state index contributed by atoms with van der Waals surface area (Å²) in [5.41, 5.74) is 2.75. The van der Waals surface area contributed by atoms with Gasteiger partial charge in [-0.2, -0.15) is 0 Å². The summed E-state index contributed by atoms with van der Waals surface area (Å²) < 4.78 is 0. The van der Waals surface area contributed by atoms with Crippen LogP contribution in [0.4, 0.5) is 0 Å². The Balaban J connectivity index is 0.000000487. The largest absolute Gasteiger partial charge is 0.0683 e. The van der Waals surface area contributed by atoms with Gasteiger partial charge in [-0.15, -0.1) is 0 Å². The fourth-order valence-electron chi connectivity index (χ4n) is 3.28. The van der Waals surface area contributed by atoms with Gasteiger partial charge in [0, 0.05) is 0 Å². The predicted molar refractivity (Wildman–Crippen MR) is 111 cm³/mol. The second-order valence-corrected chi connectivity index (χ2v) is 5.52. The van der Waals surface area contributed by atoms with E-state index in [9.17, 15) is 0 Å². The van der Waals surface area contributed by atoms with Crippen molar-refractivity contribution in [3.05, 3.63) is 71.8 Å². The van der Waals surface area contributed by atoms with Crippen molar-refractivity contribution in [3.8, 4) is 0 Å². The molecule has 0 atom stereocenters. The van der Waals surface area contributed by atoms with Crippen molar-refractivity contribution < 1.29 is 0 Å². The van der Waals surface area contributed by atoms with E-state index in [1.54, 1.807) is 0 Å². The van der Waals surface area contributed by atoms with E-state index < -0.39 is 0 Å². The Morgan fingerprint density at radius 1 is 0.458 bits per heavy atom. The fourth-order valence-corrected chi connectivity index (χ4v) is 3.28. The van der Waals surface area contributed by atoms with Gasteiger partial charge in [0.25, 0.3) is 0 Å². The molecule has 0 saturated heterocycles. The molecule has 0 nitrogen and oxygen atoms in total. The lowest BCUT2D eigenvalue weighted by molar-refractivity contribution is 1.39. The average Bonchev–Trinajstić information content (AvgIpc) is 2.67. The Morgan fingerprint density at radius 3 is 1.33 bits per heavy atom. The number of hydrogen-bond acceptors (Lipinski definition) is 0. The zero-order valence-corrected chi connectivity index (χ0v) is 15.8. The number of hydrogen-bond donors (Lipinski definition) is 0. The summed E-state index contributed by atoms with van der Waals surface area (Å²) in [5, 5.41) is 8.18. The summed E-state index contributed by atoms with van der Waals surface area (Å²) >= 11 is 0. The van der Waals surface area contributed by atoms with E-state index in [1.165, 1.54) is 43.4 Å².